The Bertz CT molecular complexity index is 1320. The van der Waals surface area contributed by atoms with Crippen molar-refractivity contribution in [3.8, 4) is 0 Å². The molecule has 1 atom stereocenters. The normalized spacial score (nSPS) is 20.1. The zero-order valence-electron chi connectivity index (χ0n) is 19.8. The molecular weight excluding hydrogens is 433 g/mol. The highest BCUT2D eigenvalue weighted by Gasteiger charge is 2.47. The molecule has 0 radical (unpaired) electrons. The fraction of sp³-hybridized carbons (Fsp3) is 0.207. The van der Waals surface area contributed by atoms with Crippen LogP contribution in [0.15, 0.2) is 107 Å². The van der Waals surface area contributed by atoms with Crippen molar-refractivity contribution in [1.29, 1.82) is 0 Å². The van der Waals surface area contributed by atoms with Crippen molar-refractivity contribution in [1.82, 2.24) is 0 Å². The third kappa shape index (κ3) is 3.10. The minimum absolute atomic E-state index is 0.115. The van der Waals surface area contributed by atoms with Crippen LogP contribution in [0.1, 0.15) is 6.92 Å². The molecule has 0 aromatic heterocycles. The number of rotatable bonds is 4. The summed E-state index contributed by atoms with van der Waals surface area (Å²) in [6, 6.07) is 31.9. The maximum Gasteiger partial charge on any atom is 0.145 e. The first kappa shape index (κ1) is 21.5. The number of hydrogen-bond acceptors (Lipinski definition) is 0. The number of benzene rings is 3. The van der Waals surface area contributed by atoms with Gasteiger partial charge in [-0.25, -0.2) is 0 Å². The lowest BCUT2D eigenvalue weighted by atomic mass is 9.92. The van der Waals surface area contributed by atoms with Gasteiger partial charge in [0.25, 0.3) is 0 Å². The van der Waals surface area contributed by atoms with Crippen molar-refractivity contribution in [2.24, 2.45) is 0 Å². The maximum absolute atomic E-state index is 2.60. The summed E-state index contributed by atoms with van der Waals surface area (Å²) in [7, 11) is -3.54. The highest BCUT2D eigenvalue weighted by molar-refractivity contribution is 7.07. The standard InChI is InChI=1S/C29H32Si3/c1-29(31(2,3)4)21-20-26(28-27(29)24-18-12-13-19-25(24)30-28)32(5,22-14-8-6-9-15-22)23-16-10-7-11-17-23/h6-21,30H,1-5H3. The number of fused-ring (bicyclic) bond motifs is 2. The average Bonchev–Trinajstić information content (AvgIpc) is 3.20. The molecule has 0 saturated heterocycles. The minimum Gasteiger partial charge on any atom is -0.0770 e. The van der Waals surface area contributed by atoms with Crippen LogP contribution >= 0.6 is 0 Å². The molecule has 0 spiro atoms. The second-order valence-corrected chi connectivity index (χ2v) is 21.5. The van der Waals surface area contributed by atoms with E-state index in [1.807, 2.05) is 0 Å². The molecule has 0 fully saturated rings. The molecule has 0 saturated carbocycles. The molecule has 2 aliphatic rings. The summed E-state index contributed by atoms with van der Waals surface area (Å²) in [5, 5.41) is 8.03. The van der Waals surface area contributed by atoms with Crippen LogP contribution in [0.5, 0.6) is 0 Å². The molecule has 0 amide bonds. The minimum atomic E-state index is -2.14. The second kappa shape index (κ2) is 7.62. The summed E-state index contributed by atoms with van der Waals surface area (Å²) < 4.78 is 0. The average molecular weight is 465 g/mol. The van der Waals surface area contributed by atoms with Gasteiger partial charge in [-0.3, -0.25) is 0 Å². The van der Waals surface area contributed by atoms with Crippen LogP contribution in [-0.2, 0) is 0 Å². The lowest BCUT2D eigenvalue weighted by Crippen LogP contribution is -2.58. The van der Waals surface area contributed by atoms with Crippen molar-refractivity contribution in [3.05, 3.63) is 118 Å². The molecule has 1 aliphatic heterocycles. The van der Waals surface area contributed by atoms with Crippen molar-refractivity contribution < 1.29 is 0 Å². The van der Waals surface area contributed by atoms with Gasteiger partial charge in [0.05, 0.1) is 8.07 Å². The fourth-order valence-electron chi connectivity index (χ4n) is 5.50. The molecular formula is C29H32Si3. The molecule has 0 N–H and O–H groups in total. The zero-order valence-corrected chi connectivity index (χ0v) is 23.0. The molecule has 3 aromatic carbocycles. The first-order valence-corrected chi connectivity index (χ1v) is 18.8. The van der Waals surface area contributed by atoms with Crippen molar-refractivity contribution in [3.63, 3.8) is 0 Å². The Morgan fingerprint density at radius 3 is 1.78 bits per heavy atom. The maximum atomic E-state index is 2.60. The van der Waals surface area contributed by atoms with E-state index >= 15 is 0 Å². The Balaban J connectivity index is 1.89. The SMILES string of the molecule is CC1([Si](C)(C)C)C=CC([Si](C)(c2ccccc2)c2ccccc2)=C2[SiH]=c3ccccc3=C21. The predicted molar refractivity (Wildman–Crippen MR) is 147 cm³/mol. The van der Waals surface area contributed by atoms with Gasteiger partial charge in [0.1, 0.15) is 8.07 Å². The van der Waals surface area contributed by atoms with Crippen LogP contribution in [-0.4, -0.2) is 25.3 Å². The molecule has 0 nitrogen and oxygen atoms in total. The molecule has 1 heterocycles. The first-order chi connectivity index (χ1) is 15.3. The summed E-state index contributed by atoms with van der Waals surface area (Å²) in [6.45, 7) is 12.7. The largest absolute Gasteiger partial charge is 0.145 e. The van der Waals surface area contributed by atoms with Crippen LogP contribution in [0.25, 0.3) is 5.57 Å². The van der Waals surface area contributed by atoms with Gasteiger partial charge in [0, 0.05) is 14.2 Å². The van der Waals surface area contributed by atoms with E-state index in [1.54, 1.807) is 20.8 Å². The lowest BCUT2D eigenvalue weighted by molar-refractivity contribution is 0.922. The van der Waals surface area contributed by atoms with Crippen LogP contribution in [0.4, 0.5) is 0 Å². The Morgan fingerprint density at radius 1 is 0.688 bits per heavy atom. The molecule has 1 unspecified atom stereocenters. The van der Waals surface area contributed by atoms with E-state index < -0.39 is 16.1 Å². The smallest absolute Gasteiger partial charge is 0.0770 e. The van der Waals surface area contributed by atoms with E-state index in [0.29, 0.717) is 0 Å². The van der Waals surface area contributed by atoms with Gasteiger partial charge in [0.2, 0.25) is 0 Å². The Morgan fingerprint density at radius 2 is 1.22 bits per heavy atom. The number of hydrogen-bond donors (Lipinski definition) is 0. The van der Waals surface area contributed by atoms with E-state index in [0.717, 1.165) is 0 Å². The second-order valence-electron chi connectivity index (χ2n) is 10.6. The van der Waals surface area contributed by atoms with Gasteiger partial charge in [-0.2, -0.15) is 0 Å². The molecule has 0 bridgehead atoms. The lowest BCUT2D eigenvalue weighted by Gasteiger charge is -2.45. The molecule has 1 aliphatic carbocycles. The third-order valence-corrected chi connectivity index (χ3v) is 18.0. The van der Waals surface area contributed by atoms with Gasteiger partial charge < -0.3 is 0 Å². The summed E-state index contributed by atoms with van der Waals surface area (Å²) >= 11 is 0. The Hall–Kier alpha value is -2.34. The monoisotopic (exact) mass is 464 g/mol. The van der Waals surface area contributed by atoms with E-state index in [4.69, 9.17) is 0 Å². The van der Waals surface area contributed by atoms with E-state index in [1.165, 1.54) is 15.6 Å². The summed E-state index contributed by atoms with van der Waals surface area (Å²) in [5.41, 5.74) is 1.66. The van der Waals surface area contributed by atoms with Gasteiger partial charge in [-0.1, -0.05) is 130 Å². The third-order valence-electron chi connectivity index (χ3n) is 7.99. The van der Waals surface area contributed by atoms with Crippen molar-refractivity contribution >= 4 is 41.2 Å². The van der Waals surface area contributed by atoms with Crippen LogP contribution < -0.4 is 15.6 Å². The van der Waals surface area contributed by atoms with Crippen LogP contribution in [0.2, 0.25) is 31.2 Å². The highest BCUT2D eigenvalue weighted by atomic mass is 28.3. The van der Waals surface area contributed by atoms with Crippen molar-refractivity contribution in [2.75, 3.05) is 0 Å². The number of allylic oxidation sites excluding steroid dienone is 4. The zero-order chi connectivity index (χ0) is 22.6. The van der Waals surface area contributed by atoms with Gasteiger partial charge in [-0.15, -0.1) is 0 Å². The van der Waals surface area contributed by atoms with E-state index in [-0.39, 0.29) is 14.2 Å². The van der Waals surface area contributed by atoms with Gasteiger partial charge >= 0.3 is 0 Å². The van der Waals surface area contributed by atoms with E-state index in [9.17, 15) is 0 Å². The fourth-order valence-corrected chi connectivity index (χ4v) is 13.8. The molecule has 32 heavy (non-hydrogen) atoms. The highest BCUT2D eigenvalue weighted by Crippen LogP contribution is 2.53. The summed E-state index contributed by atoms with van der Waals surface area (Å²) in [4.78, 5) is 1.58. The predicted octanol–water partition coefficient (Wildman–Crippen LogP) is 4.89. The van der Waals surface area contributed by atoms with Gasteiger partial charge in [0.15, 0.2) is 0 Å². The quantitative estimate of drug-likeness (QED) is 0.482. The van der Waals surface area contributed by atoms with Gasteiger partial charge in [-0.05, 0) is 36.4 Å². The molecule has 3 heteroatoms. The molecule has 3 aromatic rings. The molecule has 160 valence electrons. The Labute approximate surface area is 196 Å². The first-order valence-electron chi connectivity index (χ1n) is 11.6. The topological polar surface area (TPSA) is 0 Å². The molecule has 5 rings (SSSR count). The summed E-state index contributed by atoms with van der Waals surface area (Å²) in [5.74, 6) is 0. The van der Waals surface area contributed by atoms with E-state index in [2.05, 4.69) is 130 Å². The van der Waals surface area contributed by atoms with Crippen LogP contribution in [0, 0.1) is 4.81 Å². The summed E-state index contributed by atoms with van der Waals surface area (Å²) in [6.07, 6.45) is 5.17. The van der Waals surface area contributed by atoms with Crippen molar-refractivity contribution in [2.45, 2.75) is 38.2 Å². The van der Waals surface area contributed by atoms with Crippen LogP contribution in [0.3, 0.4) is 0 Å². The Kier molecular flexibility index (Phi) is 5.12.